The number of hydrogen-bond acceptors (Lipinski definition) is 3. The first-order valence-electron chi connectivity index (χ1n) is 4.34. The molecule has 0 aliphatic rings. The minimum Gasteiger partial charge on any atom is -0.188 e. The number of aromatic nitrogens is 2. The number of H-pyrrole nitrogens is 1. The number of nitriles is 1. The number of benzene rings is 1. The Morgan fingerprint density at radius 1 is 1.40 bits per heavy atom. The topological polar surface area (TPSA) is 75.7 Å². The highest BCUT2D eigenvalue weighted by molar-refractivity contribution is 5.61. The third-order valence-corrected chi connectivity index (χ3v) is 2.09. The third kappa shape index (κ3) is 1.53. The molecular formula is C10H8N3O2+. The third-order valence-electron chi connectivity index (χ3n) is 2.09. The van der Waals surface area contributed by atoms with Crippen LogP contribution in [0.4, 0.5) is 0 Å². The quantitative estimate of drug-likeness (QED) is 0.758. The van der Waals surface area contributed by atoms with E-state index in [1.807, 2.05) is 25.1 Å². The monoisotopic (exact) mass is 202 g/mol. The Morgan fingerprint density at radius 2 is 2.07 bits per heavy atom. The zero-order valence-corrected chi connectivity index (χ0v) is 8.02. The molecule has 5 heteroatoms. The van der Waals surface area contributed by atoms with Crippen molar-refractivity contribution < 1.29 is 9.23 Å². The van der Waals surface area contributed by atoms with E-state index < -0.39 is 0 Å². The number of nitrogens with one attached hydrogen (secondary N) is 1. The van der Waals surface area contributed by atoms with Gasteiger partial charge in [-0.25, -0.2) is 0 Å². The minimum absolute atomic E-state index is 0.119. The number of hydrogen-bond donors (Lipinski definition) is 1. The molecule has 74 valence electrons. The van der Waals surface area contributed by atoms with Crippen molar-refractivity contribution in [2.45, 2.75) is 6.92 Å². The molecule has 0 atom stereocenters. The summed E-state index contributed by atoms with van der Waals surface area (Å²) in [5.41, 5.74) is 2.06. The summed E-state index contributed by atoms with van der Waals surface area (Å²) in [5.74, 6) is 0. The van der Waals surface area contributed by atoms with Crippen LogP contribution in [0.3, 0.4) is 0 Å². The van der Waals surface area contributed by atoms with E-state index in [1.165, 1.54) is 0 Å². The van der Waals surface area contributed by atoms with E-state index in [4.69, 9.17) is 5.26 Å². The number of aromatic amines is 1. The molecule has 0 saturated heterocycles. The van der Waals surface area contributed by atoms with Crippen LogP contribution in [-0.4, -0.2) is 5.16 Å². The minimum atomic E-state index is 0.119. The second-order valence-corrected chi connectivity index (χ2v) is 3.15. The zero-order chi connectivity index (χ0) is 10.8. The molecular weight excluding hydrogens is 194 g/mol. The van der Waals surface area contributed by atoms with Gasteiger partial charge in [-0.05, 0) is 24.0 Å². The van der Waals surface area contributed by atoms with Gasteiger partial charge in [-0.1, -0.05) is 27.5 Å². The van der Waals surface area contributed by atoms with Crippen molar-refractivity contribution in [3.05, 3.63) is 40.4 Å². The zero-order valence-electron chi connectivity index (χ0n) is 8.02. The molecule has 1 heterocycles. The maximum atomic E-state index is 11.3. The molecule has 1 aromatic carbocycles. The van der Waals surface area contributed by atoms with Crippen molar-refractivity contribution >= 4 is 0 Å². The Bertz CT molecular complexity index is 572. The first-order valence-corrected chi connectivity index (χ1v) is 4.34. The van der Waals surface area contributed by atoms with Gasteiger partial charge in [0.15, 0.2) is 10.7 Å². The molecule has 1 aromatic heterocycles. The number of rotatable bonds is 1. The second-order valence-electron chi connectivity index (χ2n) is 3.15. The first-order chi connectivity index (χ1) is 7.22. The van der Waals surface area contributed by atoms with E-state index in [2.05, 4.69) is 9.79 Å². The average Bonchev–Trinajstić information content (AvgIpc) is 2.61. The molecule has 0 bridgehead atoms. The first kappa shape index (κ1) is 9.21. The fourth-order valence-electron chi connectivity index (χ4n) is 1.31. The summed E-state index contributed by atoms with van der Waals surface area (Å²) < 4.78 is 4.78. The SMILES string of the molecule is Cc1ccc(-c2c(C#N)[nH]o[n+]2=O)cc1. The Labute approximate surface area is 85.1 Å². The normalized spacial score (nSPS) is 9.87. The molecule has 0 spiro atoms. The van der Waals surface area contributed by atoms with Gasteiger partial charge >= 0.3 is 0 Å². The molecule has 0 radical (unpaired) electrons. The van der Waals surface area contributed by atoms with E-state index >= 15 is 0 Å². The lowest BCUT2D eigenvalue weighted by molar-refractivity contribution is -0.704. The molecule has 0 amide bonds. The van der Waals surface area contributed by atoms with Crippen molar-refractivity contribution in [2.24, 2.45) is 0 Å². The van der Waals surface area contributed by atoms with Crippen LogP contribution in [0.25, 0.3) is 11.3 Å². The van der Waals surface area contributed by atoms with Gasteiger partial charge in [-0.2, -0.15) is 5.26 Å². The highest BCUT2D eigenvalue weighted by atomic mass is 16.7. The van der Waals surface area contributed by atoms with Gasteiger partial charge in [-0.3, -0.25) is 0 Å². The van der Waals surface area contributed by atoms with Gasteiger partial charge < -0.3 is 0 Å². The van der Waals surface area contributed by atoms with E-state index in [9.17, 15) is 4.91 Å². The predicted octanol–water partition coefficient (Wildman–Crippen LogP) is 1.37. The molecule has 0 saturated carbocycles. The Morgan fingerprint density at radius 3 is 2.67 bits per heavy atom. The van der Waals surface area contributed by atoms with Crippen LogP contribution in [0.15, 0.2) is 28.9 Å². The lowest BCUT2D eigenvalue weighted by atomic mass is 10.1. The summed E-state index contributed by atoms with van der Waals surface area (Å²) in [6.45, 7) is 1.95. The van der Waals surface area contributed by atoms with Gasteiger partial charge in [-0.15, -0.1) is 0 Å². The fraction of sp³-hybridized carbons (Fsp3) is 0.100. The molecule has 0 aliphatic heterocycles. The van der Waals surface area contributed by atoms with Crippen molar-refractivity contribution in [3.63, 3.8) is 0 Å². The lowest BCUT2D eigenvalue weighted by Gasteiger charge is -1.92. The smallest absolute Gasteiger partial charge is 0.188 e. The molecule has 2 rings (SSSR count). The maximum absolute atomic E-state index is 11.3. The average molecular weight is 202 g/mol. The molecule has 5 nitrogen and oxygen atoms in total. The predicted molar refractivity (Wildman–Crippen MR) is 51.3 cm³/mol. The Balaban J connectivity index is 2.64. The van der Waals surface area contributed by atoms with Crippen molar-refractivity contribution in [3.8, 4) is 17.3 Å². The molecule has 15 heavy (non-hydrogen) atoms. The summed E-state index contributed by atoms with van der Waals surface area (Å²) in [7, 11) is 0. The van der Waals surface area contributed by atoms with Crippen LogP contribution in [-0.2, 0) is 0 Å². The summed E-state index contributed by atoms with van der Waals surface area (Å²) in [4.78, 5) is 11.3. The summed E-state index contributed by atoms with van der Waals surface area (Å²) in [6.07, 6.45) is 0. The van der Waals surface area contributed by atoms with Gasteiger partial charge in [0.2, 0.25) is 0 Å². The molecule has 0 fully saturated rings. The molecule has 0 aliphatic carbocycles. The number of nitrogens with zero attached hydrogens (tertiary/aromatic N) is 2. The van der Waals surface area contributed by atoms with E-state index in [-0.39, 0.29) is 11.4 Å². The second kappa shape index (κ2) is 3.42. The van der Waals surface area contributed by atoms with Crippen molar-refractivity contribution in [2.75, 3.05) is 0 Å². The fourth-order valence-corrected chi connectivity index (χ4v) is 1.31. The number of aryl methyl sites for hydroxylation is 1. The van der Waals surface area contributed by atoms with E-state index in [0.717, 1.165) is 5.56 Å². The molecule has 1 N–H and O–H groups in total. The van der Waals surface area contributed by atoms with Crippen LogP contribution < -0.4 is 4.60 Å². The van der Waals surface area contributed by atoms with Crippen LogP contribution in [0.2, 0.25) is 0 Å². The summed E-state index contributed by atoms with van der Waals surface area (Å²) in [6, 6.07) is 9.12. The van der Waals surface area contributed by atoms with Gasteiger partial charge in [0.25, 0.3) is 11.4 Å². The standard InChI is InChI=1S/C10H8N3O2/c1-7-2-4-8(5-3-7)10-9(6-11)12-15-13(10)14/h2-5,12H,1H3/q+1. The van der Waals surface area contributed by atoms with Crippen LogP contribution >= 0.6 is 0 Å². The Kier molecular flexibility index (Phi) is 2.10. The maximum Gasteiger partial charge on any atom is 0.296 e. The van der Waals surface area contributed by atoms with Gasteiger partial charge in [0.05, 0.1) is 0 Å². The largest absolute Gasteiger partial charge is 0.296 e. The van der Waals surface area contributed by atoms with Crippen LogP contribution in [0, 0.1) is 23.2 Å². The lowest BCUT2D eigenvalue weighted by Crippen LogP contribution is -2.12. The highest BCUT2D eigenvalue weighted by Gasteiger charge is 2.21. The van der Waals surface area contributed by atoms with Crippen molar-refractivity contribution in [1.29, 1.82) is 5.26 Å². The summed E-state index contributed by atoms with van der Waals surface area (Å²) in [5, 5.41) is 11.0. The van der Waals surface area contributed by atoms with Crippen molar-refractivity contribution in [1.82, 2.24) is 5.16 Å². The molecule has 2 aromatic rings. The highest BCUT2D eigenvalue weighted by Crippen LogP contribution is 2.17. The summed E-state index contributed by atoms with van der Waals surface area (Å²) >= 11 is 0. The molecule has 0 unspecified atom stereocenters. The van der Waals surface area contributed by atoms with Crippen LogP contribution in [0.5, 0.6) is 0 Å². The van der Waals surface area contributed by atoms with Gasteiger partial charge in [0, 0.05) is 5.56 Å². The Hall–Kier alpha value is -2.35. The van der Waals surface area contributed by atoms with Gasteiger partial charge in [0.1, 0.15) is 0 Å². The van der Waals surface area contributed by atoms with E-state index in [1.54, 1.807) is 12.1 Å². The van der Waals surface area contributed by atoms with Crippen LogP contribution in [0.1, 0.15) is 11.3 Å². The van der Waals surface area contributed by atoms with E-state index in [0.29, 0.717) is 10.2 Å².